The standard InChI is InChI=1S/C18H22FN3O3/c1-21-10-12(15-5-4-14(19)9-16(15)21)6-7-20-18(25)22-8-2-3-13(11-22)17(23)24/h4-5,9-10,13H,2-3,6-8,11H2,1H3,(H,20,25)(H,23,24). The van der Waals surface area contributed by atoms with E-state index in [4.69, 9.17) is 5.11 Å². The van der Waals surface area contributed by atoms with Crippen molar-refractivity contribution in [2.45, 2.75) is 19.3 Å². The van der Waals surface area contributed by atoms with E-state index >= 15 is 0 Å². The van der Waals surface area contributed by atoms with Gasteiger partial charge in [-0.3, -0.25) is 4.79 Å². The predicted molar refractivity (Wildman–Crippen MR) is 91.9 cm³/mol. The molecule has 3 rings (SSSR count). The quantitative estimate of drug-likeness (QED) is 0.892. The van der Waals surface area contributed by atoms with Crippen LogP contribution in [-0.2, 0) is 18.3 Å². The summed E-state index contributed by atoms with van der Waals surface area (Å²) < 4.78 is 15.2. The summed E-state index contributed by atoms with van der Waals surface area (Å²) in [6, 6.07) is 4.46. The molecule has 1 aromatic carbocycles. The van der Waals surface area contributed by atoms with Crippen LogP contribution in [0.3, 0.4) is 0 Å². The molecule has 2 aromatic rings. The minimum atomic E-state index is -0.847. The maximum Gasteiger partial charge on any atom is 0.317 e. The summed E-state index contributed by atoms with van der Waals surface area (Å²) in [7, 11) is 1.86. The van der Waals surface area contributed by atoms with Crippen molar-refractivity contribution < 1.29 is 19.1 Å². The lowest BCUT2D eigenvalue weighted by Gasteiger charge is -2.30. The van der Waals surface area contributed by atoms with Crippen molar-refractivity contribution >= 4 is 22.9 Å². The molecule has 6 nitrogen and oxygen atoms in total. The Kier molecular flexibility index (Phi) is 4.92. The number of nitrogens with one attached hydrogen (secondary N) is 1. The lowest BCUT2D eigenvalue weighted by atomic mass is 9.99. The number of halogens is 1. The van der Waals surface area contributed by atoms with Gasteiger partial charge in [-0.15, -0.1) is 0 Å². The van der Waals surface area contributed by atoms with Crippen LogP contribution in [-0.4, -0.2) is 46.2 Å². The first kappa shape index (κ1) is 17.3. The number of hydrogen-bond donors (Lipinski definition) is 2. The monoisotopic (exact) mass is 347 g/mol. The van der Waals surface area contributed by atoms with Gasteiger partial charge in [0.2, 0.25) is 0 Å². The Hall–Kier alpha value is -2.57. The number of carbonyl (C=O) groups excluding carboxylic acids is 1. The highest BCUT2D eigenvalue weighted by molar-refractivity contribution is 5.84. The van der Waals surface area contributed by atoms with Gasteiger partial charge in [-0.05, 0) is 43.0 Å². The molecule has 0 bridgehead atoms. The molecule has 1 unspecified atom stereocenters. The maximum atomic E-state index is 13.4. The van der Waals surface area contributed by atoms with E-state index in [0.29, 0.717) is 32.4 Å². The molecule has 2 amide bonds. The summed E-state index contributed by atoms with van der Waals surface area (Å²) in [5.74, 6) is -1.60. The fourth-order valence-electron chi connectivity index (χ4n) is 3.42. The first-order chi connectivity index (χ1) is 12.0. The van der Waals surface area contributed by atoms with Crippen LogP contribution in [0.2, 0.25) is 0 Å². The lowest BCUT2D eigenvalue weighted by Crippen LogP contribution is -2.47. The summed E-state index contributed by atoms with van der Waals surface area (Å²) in [4.78, 5) is 24.9. The van der Waals surface area contributed by atoms with Crippen LogP contribution < -0.4 is 5.32 Å². The second-order valence-corrected chi connectivity index (χ2v) is 6.53. The molecule has 1 atom stereocenters. The van der Waals surface area contributed by atoms with E-state index in [9.17, 15) is 14.0 Å². The molecule has 1 fully saturated rings. The summed E-state index contributed by atoms with van der Waals surface area (Å²) in [5, 5.41) is 12.9. The van der Waals surface area contributed by atoms with Crippen LogP contribution in [0.25, 0.3) is 10.9 Å². The Labute approximate surface area is 145 Å². The predicted octanol–water partition coefficient (Wildman–Crippen LogP) is 2.37. The summed E-state index contributed by atoms with van der Waals surface area (Å²) >= 11 is 0. The first-order valence-corrected chi connectivity index (χ1v) is 8.44. The molecule has 0 aliphatic carbocycles. The van der Waals surface area contributed by atoms with Crippen molar-refractivity contribution in [2.24, 2.45) is 13.0 Å². The topological polar surface area (TPSA) is 74.6 Å². The molecule has 25 heavy (non-hydrogen) atoms. The molecule has 0 saturated carbocycles. The molecular weight excluding hydrogens is 325 g/mol. The largest absolute Gasteiger partial charge is 0.481 e. The van der Waals surface area contributed by atoms with E-state index in [1.807, 2.05) is 17.8 Å². The fourth-order valence-corrected chi connectivity index (χ4v) is 3.42. The zero-order valence-corrected chi connectivity index (χ0v) is 14.2. The third kappa shape index (κ3) is 3.75. The number of nitrogens with zero attached hydrogens (tertiary/aromatic N) is 2. The molecule has 2 N–H and O–H groups in total. The average molecular weight is 347 g/mol. The van der Waals surface area contributed by atoms with E-state index in [2.05, 4.69) is 5.32 Å². The number of aliphatic carboxylic acids is 1. The molecule has 134 valence electrons. The van der Waals surface area contributed by atoms with Gasteiger partial charge in [0.25, 0.3) is 0 Å². The van der Waals surface area contributed by atoms with E-state index in [-0.39, 0.29) is 18.4 Å². The van der Waals surface area contributed by atoms with E-state index < -0.39 is 11.9 Å². The summed E-state index contributed by atoms with van der Waals surface area (Å²) in [6.07, 6.45) is 3.90. The van der Waals surface area contributed by atoms with Gasteiger partial charge in [-0.2, -0.15) is 0 Å². The third-order valence-corrected chi connectivity index (χ3v) is 4.76. The third-order valence-electron chi connectivity index (χ3n) is 4.76. The first-order valence-electron chi connectivity index (χ1n) is 8.44. The molecule has 7 heteroatoms. The maximum absolute atomic E-state index is 13.4. The number of fused-ring (bicyclic) bond motifs is 1. The number of urea groups is 1. The van der Waals surface area contributed by atoms with Crippen LogP contribution in [0.15, 0.2) is 24.4 Å². The van der Waals surface area contributed by atoms with E-state index in [1.165, 1.54) is 12.1 Å². The Balaban J connectivity index is 1.58. The van der Waals surface area contributed by atoms with Crippen molar-refractivity contribution in [1.82, 2.24) is 14.8 Å². The van der Waals surface area contributed by atoms with Crippen LogP contribution >= 0.6 is 0 Å². The van der Waals surface area contributed by atoms with Crippen LogP contribution in [0.1, 0.15) is 18.4 Å². The highest BCUT2D eigenvalue weighted by Gasteiger charge is 2.27. The highest BCUT2D eigenvalue weighted by atomic mass is 19.1. The van der Waals surface area contributed by atoms with Crippen LogP contribution in [0.4, 0.5) is 9.18 Å². The van der Waals surface area contributed by atoms with Crippen molar-refractivity contribution in [3.63, 3.8) is 0 Å². The minimum absolute atomic E-state index is 0.225. The smallest absolute Gasteiger partial charge is 0.317 e. The minimum Gasteiger partial charge on any atom is -0.481 e. The highest BCUT2D eigenvalue weighted by Crippen LogP contribution is 2.22. The van der Waals surface area contributed by atoms with Crippen LogP contribution in [0.5, 0.6) is 0 Å². The molecule has 0 radical (unpaired) electrons. The van der Waals surface area contributed by atoms with Gasteiger partial charge < -0.3 is 19.9 Å². The number of aryl methyl sites for hydroxylation is 1. The molecule has 1 aromatic heterocycles. The number of rotatable bonds is 4. The fraction of sp³-hybridized carbons (Fsp3) is 0.444. The van der Waals surface area contributed by atoms with Gasteiger partial charge in [0, 0.05) is 38.3 Å². The summed E-state index contributed by atoms with van der Waals surface area (Å²) in [5.41, 5.74) is 1.86. The average Bonchev–Trinajstić information content (AvgIpc) is 2.90. The van der Waals surface area contributed by atoms with Crippen molar-refractivity contribution in [3.05, 3.63) is 35.8 Å². The van der Waals surface area contributed by atoms with Crippen molar-refractivity contribution in [2.75, 3.05) is 19.6 Å². The number of carboxylic acids is 1. The number of amides is 2. The van der Waals surface area contributed by atoms with Gasteiger partial charge in [0.05, 0.1) is 11.4 Å². The van der Waals surface area contributed by atoms with Gasteiger partial charge in [-0.25, -0.2) is 9.18 Å². The molecular formula is C18H22FN3O3. The zero-order chi connectivity index (χ0) is 18.0. The number of piperidine rings is 1. The Bertz CT molecular complexity index is 802. The van der Waals surface area contributed by atoms with Gasteiger partial charge >= 0.3 is 12.0 Å². The van der Waals surface area contributed by atoms with Gasteiger partial charge in [0.15, 0.2) is 0 Å². The number of aromatic nitrogens is 1. The number of carbonyl (C=O) groups is 2. The number of likely N-dealkylation sites (tertiary alicyclic amines) is 1. The van der Waals surface area contributed by atoms with Crippen LogP contribution in [0, 0.1) is 11.7 Å². The van der Waals surface area contributed by atoms with E-state index in [1.54, 1.807) is 11.0 Å². The molecule has 2 heterocycles. The number of benzene rings is 1. The Morgan fingerprint density at radius 2 is 2.20 bits per heavy atom. The van der Waals surface area contributed by atoms with Crippen molar-refractivity contribution in [1.29, 1.82) is 0 Å². The Morgan fingerprint density at radius 3 is 2.96 bits per heavy atom. The second-order valence-electron chi connectivity index (χ2n) is 6.53. The van der Waals surface area contributed by atoms with Gasteiger partial charge in [0.1, 0.15) is 5.82 Å². The van der Waals surface area contributed by atoms with Crippen molar-refractivity contribution in [3.8, 4) is 0 Å². The normalized spacial score (nSPS) is 17.7. The molecule has 1 aliphatic rings. The SMILES string of the molecule is Cn1cc(CCNC(=O)N2CCCC(C(=O)O)C2)c2ccc(F)cc21. The lowest BCUT2D eigenvalue weighted by molar-refractivity contribution is -0.143. The Morgan fingerprint density at radius 1 is 1.40 bits per heavy atom. The number of carboxylic acid groups (broad SMARTS) is 1. The second kappa shape index (κ2) is 7.13. The molecule has 1 saturated heterocycles. The van der Waals surface area contributed by atoms with Gasteiger partial charge in [-0.1, -0.05) is 0 Å². The van der Waals surface area contributed by atoms with E-state index in [0.717, 1.165) is 16.5 Å². The zero-order valence-electron chi connectivity index (χ0n) is 14.2. The number of hydrogen-bond acceptors (Lipinski definition) is 2. The summed E-state index contributed by atoms with van der Waals surface area (Å²) in [6.45, 7) is 1.29. The molecule has 0 spiro atoms. The molecule has 1 aliphatic heterocycles.